The van der Waals surface area contributed by atoms with Crippen LogP contribution in [0, 0.1) is 0 Å². The molecule has 9 rings (SSSR count). The molecule has 0 unspecified atom stereocenters. The Morgan fingerprint density at radius 2 is 0.980 bits per heavy atom. The molecule has 0 spiro atoms. The van der Waals surface area contributed by atoms with E-state index in [9.17, 15) is 20.4 Å². The van der Waals surface area contributed by atoms with E-state index in [-0.39, 0.29) is 80.7 Å². The van der Waals surface area contributed by atoms with Gasteiger partial charge in [-0.1, -0.05) is 48.5 Å². The number of hydrogen-bond donors (Lipinski definition) is 4. The molecular weight excluding hydrogens is 718 g/mol. The van der Waals surface area contributed by atoms with Crippen LogP contribution in [0.5, 0.6) is 46.0 Å². The fraction of sp³-hybridized carbons (Fsp3) is 0.0811. The number of aromatic hydroxyl groups is 4. The molecule has 10 nitrogen and oxygen atoms in total. The summed E-state index contributed by atoms with van der Waals surface area (Å²) in [5, 5.41) is 46.2. The van der Waals surface area contributed by atoms with Gasteiger partial charge in [-0.3, -0.25) is 9.98 Å². The van der Waals surface area contributed by atoms with Crippen molar-refractivity contribution in [1.29, 1.82) is 0 Å². The normalized spacial score (nSPS) is 14.6. The summed E-state index contributed by atoms with van der Waals surface area (Å²) in [6.45, 7) is 0.0543. The van der Waals surface area contributed by atoms with Crippen molar-refractivity contribution in [2.75, 3.05) is 13.6 Å². The molecule has 49 heavy (non-hydrogen) atoms. The number of ether oxygens (including phenoxy) is 4. The summed E-state index contributed by atoms with van der Waals surface area (Å²) in [4.78, 5) is 10.3. The van der Waals surface area contributed by atoms with Gasteiger partial charge >= 0.3 is 0 Å². The third kappa shape index (κ3) is 4.66. The predicted octanol–water partition coefficient (Wildman–Crippen LogP) is 6.69. The van der Waals surface area contributed by atoms with Crippen molar-refractivity contribution < 1.29 is 72.4 Å². The standard InChI is InChI=1S/C37H24N2O8.2Ni/c40-27-13-19-5-1-3-7-21(19)23(33(27)42)15-38-37(39-16-24-22-8-4-2-6-20(22)14-28(41)34(24)43)25-9-11-29-35(46-17-44-29)31(25)32-26(37)10-12-30-36(32)47-18-45-30;;/h1-16,40-43H,17-18H2;;/b38-15+,39-16+;;. The van der Waals surface area contributed by atoms with Crippen LogP contribution in [0.4, 0.5) is 0 Å². The molecule has 6 aromatic carbocycles. The maximum atomic E-state index is 11.1. The average Bonchev–Trinajstić information content (AvgIpc) is 3.82. The first-order valence-corrected chi connectivity index (χ1v) is 14.8. The van der Waals surface area contributed by atoms with Crippen LogP contribution in [0.15, 0.2) is 94.9 Å². The van der Waals surface area contributed by atoms with Gasteiger partial charge in [-0.2, -0.15) is 0 Å². The van der Waals surface area contributed by atoms with E-state index < -0.39 is 5.66 Å². The van der Waals surface area contributed by atoms with Crippen LogP contribution < -0.4 is 18.9 Å². The topological polar surface area (TPSA) is 143 Å². The van der Waals surface area contributed by atoms with E-state index in [1.807, 2.05) is 60.7 Å². The van der Waals surface area contributed by atoms with Gasteiger partial charge in [0.2, 0.25) is 19.2 Å². The van der Waals surface area contributed by atoms with Gasteiger partial charge in [0.05, 0.1) is 0 Å². The van der Waals surface area contributed by atoms with E-state index in [1.165, 1.54) is 24.6 Å². The molecule has 0 aromatic heterocycles. The average molecular weight is 742 g/mol. The van der Waals surface area contributed by atoms with Crippen molar-refractivity contribution >= 4 is 34.0 Å². The molecule has 1 aliphatic carbocycles. The van der Waals surface area contributed by atoms with Gasteiger partial charge < -0.3 is 39.4 Å². The molecule has 3 aliphatic rings. The van der Waals surface area contributed by atoms with Gasteiger partial charge in [-0.05, 0) is 57.9 Å². The monoisotopic (exact) mass is 740 g/mol. The maximum Gasteiger partial charge on any atom is 0.231 e. The molecule has 0 saturated carbocycles. The largest absolute Gasteiger partial charge is 0.504 e. The molecule has 2 aliphatic heterocycles. The van der Waals surface area contributed by atoms with Crippen molar-refractivity contribution in [3.05, 3.63) is 107 Å². The second-order valence-corrected chi connectivity index (χ2v) is 11.4. The zero-order chi connectivity index (χ0) is 31.9. The first-order chi connectivity index (χ1) is 22.9. The molecule has 2 heterocycles. The minimum absolute atomic E-state index is 0. The Hall–Kier alpha value is -5.43. The maximum absolute atomic E-state index is 11.1. The van der Waals surface area contributed by atoms with Crippen LogP contribution in [0.2, 0.25) is 0 Å². The quantitative estimate of drug-likeness (QED) is 0.0890. The number of hydrogen-bond acceptors (Lipinski definition) is 10. The van der Waals surface area contributed by atoms with Crippen LogP contribution >= 0.6 is 0 Å². The van der Waals surface area contributed by atoms with Crippen molar-refractivity contribution in [3.8, 4) is 57.1 Å². The van der Waals surface area contributed by atoms with E-state index in [0.29, 0.717) is 66.8 Å². The van der Waals surface area contributed by atoms with E-state index in [1.54, 1.807) is 12.1 Å². The summed E-state index contributed by atoms with van der Waals surface area (Å²) < 4.78 is 23.5. The van der Waals surface area contributed by atoms with E-state index >= 15 is 0 Å². The van der Waals surface area contributed by atoms with Crippen molar-refractivity contribution in [2.24, 2.45) is 9.98 Å². The summed E-state index contributed by atoms with van der Waals surface area (Å²) in [7, 11) is 0. The van der Waals surface area contributed by atoms with Gasteiger partial charge in [0, 0.05) is 78.8 Å². The summed E-state index contributed by atoms with van der Waals surface area (Å²) >= 11 is 0. The van der Waals surface area contributed by atoms with Crippen LogP contribution in [-0.2, 0) is 38.6 Å². The predicted molar refractivity (Wildman–Crippen MR) is 175 cm³/mol. The first-order valence-electron chi connectivity index (χ1n) is 14.8. The smallest absolute Gasteiger partial charge is 0.231 e. The van der Waals surface area contributed by atoms with E-state index in [4.69, 9.17) is 28.9 Å². The molecule has 6 aromatic rings. The number of phenolic OH excluding ortho intramolecular Hbond substituents is 4. The Morgan fingerprint density at radius 1 is 0.551 bits per heavy atom. The Morgan fingerprint density at radius 3 is 1.43 bits per heavy atom. The van der Waals surface area contributed by atoms with Gasteiger partial charge in [0.15, 0.2) is 46.0 Å². The van der Waals surface area contributed by atoms with Crippen LogP contribution in [0.1, 0.15) is 22.3 Å². The second-order valence-electron chi connectivity index (χ2n) is 11.4. The molecule has 0 radical (unpaired) electrons. The van der Waals surface area contributed by atoms with Gasteiger partial charge in [-0.25, -0.2) is 0 Å². The number of rotatable bonds is 4. The summed E-state index contributed by atoms with van der Waals surface area (Å²) in [6, 6.07) is 24.9. The molecule has 250 valence electrons. The number of aliphatic imine (C=N–C) groups is 2. The molecule has 0 atom stereocenters. The minimum atomic E-state index is -1.54. The number of nitrogens with zero attached hydrogens (tertiary/aromatic N) is 2. The Labute approximate surface area is 298 Å². The summed E-state index contributed by atoms with van der Waals surface area (Å²) in [6.07, 6.45) is 2.98. The van der Waals surface area contributed by atoms with Crippen LogP contribution in [0.3, 0.4) is 0 Å². The molecule has 0 bridgehead atoms. The SMILES string of the molecule is Oc1cc2ccccc2c(/C=N/C2(/N=C/c3c(O)c(O)cc4ccccc34)c3ccc4c(c3-c3c2ccc2c3OCO2)OCO4)c1O.[Ni].[Ni]. The Bertz CT molecular complexity index is 2230. The molecule has 0 fully saturated rings. The van der Waals surface area contributed by atoms with E-state index in [2.05, 4.69) is 0 Å². The number of fused-ring (bicyclic) bond motifs is 9. The zero-order valence-corrected chi connectivity index (χ0v) is 27.1. The molecule has 0 saturated heterocycles. The fourth-order valence-electron chi connectivity index (χ4n) is 6.75. The van der Waals surface area contributed by atoms with E-state index in [0.717, 1.165) is 0 Å². The number of benzene rings is 6. The van der Waals surface area contributed by atoms with Gasteiger partial charge in [-0.15, -0.1) is 0 Å². The third-order valence-electron chi connectivity index (χ3n) is 8.92. The number of phenols is 4. The fourth-order valence-corrected chi connectivity index (χ4v) is 6.75. The Kier molecular flexibility index (Phi) is 7.81. The minimum Gasteiger partial charge on any atom is -0.504 e. The summed E-state index contributed by atoms with van der Waals surface area (Å²) in [5.74, 6) is 0.825. The third-order valence-corrected chi connectivity index (χ3v) is 8.92. The van der Waals surface area contributed by atoms with Gasteiger partial charge in [0.1, 0.15) is 0 Å². The first kappa shape index (κ1) is 32.1. The van der Waals surface area contributed by atoms with Crippen molar-refractivity contribution in [3.63, 3.8) is 0 Å². The summed E-state index contributed by atoms with van der Waals surface area (Å²) in [5.41, 5.74) is 1.57. The molecule has 0 amide bonds. The van der Waals surface area contributed by atoms with Gasteiger partial charge in [0.25, 0.3) is 0 Å². The molecule has 4 N–H and O–H groups in total. The second kappa shape index (κ2) is 11.9. The van der Waals surface area contributed by atoms with Crippen molar-refractivity contribution in [2.45, 2.75) is 5.66 Å². The zero-order valence-electron chi connectivity index (χ0n) is 25.1. The van der Waals surface area contributed by atoms with Crippen LogP contribution in [-0.4, -0.2) is 46.4 Å². The Balaban J connectivity index is 0.00000189. The van der Waals surface area contributed by atoms with Crippen molar-refractivity contribution in [1.82, 2.24) is 0 Å². The molecular formula is C37H24N2Ni2O8. The molecule has 12 heteroatoms. The van der Waals surface area contributed by atoms with Crippen LogP contribution in [0.25, 0.3) is 32.7 Å².